The number of nitrogens with one attached hydrogen (secondary N) is 2. The highest BCUT2D eigenvalue weighted by molar-refractivity contribution is 6.33. The van der Waals surface area contributed by atoms with E-state index in [0.717, 1.165) is 23.4 Å². The lowest BCUT2D eigenvalue weighted by molar-refractivity contribution is -0.121. The van der Waals surface area contributed by atoms with Crippen LogP contribution in [0.4, 0.5) is 4.39 Å². The van der Waals surface area contributed by atoms with Crippen LogP contribution < -0.4 is 15.4 Å². The Balaban J connectivity index is 1.40. The first-order valence-corrected chi connectivity index (χ1v) is 10.0. The number of rotatable bonds is 9. The number of hydrogen-bond acceptors (Lipinski definition) is 4. The molecule has 0 saturated heterocycles. The van der Waals surface area contributed by atoms with Gasteiger partial charge in [0.25, 0.3) is 5.91 Å². The van der Waals surface area contributed by atoms with E-state index >= 15 is 0 Å². The molecule has 160 valence electrons. The highest BCUT2D eigenvalue weighted by atomic mass is 35.5. The number of amides is 2. The number of pyridine rings is 1. The van der Waals surface area contributed by atoms with Crippen LogP contribution in [0.3, 0.4) is 0 Å². The predicted molar refractivity (Wildman–Crippen MR) is 115 cm³/mol. The van der Waals surface area contributed by atoms with Crippen LogP contribution in [0.25, 0.3) is 0 Å². The maximum Gasteiger partial charge on any atom is 0.252 e. The van der Waals surface area contributed by atoms with Crippen molar-refractivity contribution >= 4 is 23.4 Å². The van der Waals surface area contributed by atoms with Crippen LogP contribution in [-0.4, -0.2) is 23.3 Å². The standard InChI is InChI=1S/C23H21ClFN3O3/c24-21-13-17(25)7-8-20(21)23(30)27-11-9-22(29)28-14-16-4-3-6-19(12-16)31-15-18-5-1-2-10-26-18/h1-8,10,12-13H,9,11,14-15H2,(H,27,30)(H,28,29). The molecule has 1 aromatic heterocycles. The van der Waals surface area contributed by atoms with Gasteiger partial charge in [0.1, 0.15) is 18.2 Å². The molecule has 0 saturated carbocycles. The first kappa shape index (κ1) is 22.2. The summed E-state index contributed by atoms with van der Waals surface area (Å²) in [6, 6.07) is 16.6. The zero-order chi connectivity index (χ0) is 22.1. The van der Waals surface area contributed by atoms with Gasteiger partial charge in [0.2, 0.25) is 5.91 Å². The summed E-state index contributed by atoms with van der Waals surface area (Å²) in [7, 11) is 0. The average Bonchev–Trinajstić information content (AvgIpc) is 2.77. The van der Waals surface area contributed by atoms with E-state index in [9.17, 15) is 14.0 Å². The van der Waals surface area contributed by atoms with Crippen LogP contribution in [0.1, 0.15) is 28.0 Å². The molecule has 3 rings (SSSR count). The van der Waals surface area contributed by atoms with Gasteiger partial charge in [-0.1, -0.05) is 29.8 Å². The second-order valence-corrected chi connectivity index (χ2v) is 7.07. The summed E-state index contributed by atoms with van der Waals surface area (Å²) in [6.07, 6.45) is 1.81. The molecule has 1 heterocycles. The Bertz CT molecular complexity index is 1050. The van der Waals surface area contributed by atoms with E-state index in [1.807, 2.05) is 42.5 Å². The molecule has 0 aliphatic heterocycles. The Labute approximate surface area is 184 Å². The van der Waals surface area contributed by atoms with E-state index in [1.165, 1.54) is 6.07 Å². The lowest BCUT2D eigenvalue weighted by Gasteiger charge is -2.10. The molecule has 2 aromatic carbocycles. The van der Waals surface area contributed by atoms with Gasteiger partial charge in [-0.15, -0.1) is 0 Å². The van der Waals surface area contributed by atoms with Crippen LogP contribution in [0.15, 0.2) is 66.9 Å². The van der Waals surface area contributed by atoms with Crippen LogP contribution in [0.2, 0.25) is 5.02 Å². The number of ether oxygens (including phenoxy) is 1. The molecule has 2 N–H and O–H groups in total. The molecule has 0 fully saturated rings. The summed E-state index contributed by atoms with van der Waals surface area (Å²) < 4.78 is 18.8. The monoisotopic (exact) mass is 441 g/mol. The molecule has 0 radical (unpaired) electrons. The Kier molecular flexibility index (Phi) is 7.95. The number of carbonyl (C=O) groups is 2. The van der Waals surface area contributed by atoms with E-state index in [0.29, 0.717) is 18.9 Å². The van der Waals surface area contributed by atoms with Gasteiger partial charge in [0, 0.05) is 25.7 Å². The number of aromatic nitrogens is 1. The van der Waals surface area contributed by atoms with Crippen molar-refractivity contribution in [2.75, 3.05) is 6.54 Å². The van der Waals surface area contributed by atoms with E-state index < -0.39 is 11.7 Å². The van der Waals surface area contributed by atoms with Crippen molar-refractivity contribution in [3.05, 3.63) is 94.5 Å². The number of halogens is 2. The van der Waals surface area contributed by atoms with Crippen molar-refractivity contribution in [3.63, 3.8) is 0 Å². The van der Waals surface area contributed by atoms with Gasteiger partial charge in [-0.3, -0.25) is 14.6 Å². The third-order valence-corrected chi connectivity index (χ3v) is 4.63. The molecule has 8 heteroatoms. The van der Waals surface area contributed by atoms with Gasteiger partial charge in [-0.05, 0) is 48.0 Å². The van der Waals surface area contributed by atoms with Crippen molar-refractivity contribution in [2.24, 2.45) is 0 Å². The molecule has 3 aromatic rings. The lowest BCUT2D eigenvalue weighted by atomic mass is 10.2. The first-order chi connectivity index (χ1) is 15.0. The topological polar surface area (TPSA) is 80.3 Å². The third kappa shape index (κ3) is 7.08. The Morgan fingerprint density at radius 1 is 1.03 bits per heavy atom. The fourth-order valence-corrected chi connectivity index (χ4v) is 2.99. The van der Waals surface area contributed by atoms with Gasteiger partial charge >= 0.3 is 0 Å². The molecule has 6 nitrogen and oxygen atoms in total. The first-order valence-electron chi connectivity index (χ1n) is 9.63. The van der Waals surface area contributed by atoms with Crippen molar-refractivity contribution in [3.8, 4) is 5.75 Å². The molecule has 0 aliphatic rings. The van der Waals surface area contributed by atoms with Gasteiger partial charge < -0.3 is 15.4 Å². The van der Waals surface area contributed by atoms with Crippen molar-refractivity contribution < 1.29 is 18.7 Å². The molecule has 0 atom stereocenters. The van der Waals surface area contributed by atoms with Gasteiger partial charge in [0.15, 0.2) is 0 Å². The largest absolute Gasteiger partial charge is 0.487 e. The van der Waals surface area contributed by atoms with Crippen LogP contribution in [0, 0.1) is 5.82 Å². The summed E-state index contributed by atoms with van der Waals surface area (Å²) >= 11 is 5.86. The number of hydrogen-bond donors (Lipinski definition) is 2. The molecule has 2 amide bonds. The summed E-state index contributed by atoms with van der Waals surface area (Å²) in [5.74, 6) is -0.520. The molecular formula is C23H21ClFN3O3. The van der Waals surface area contributed by atoms with E-state index in [1.54, 1.807) is 6.20 Å². The fraction of sp³-hybridized carbons (Fsp3) is 0.174. The highest BCUT2D eigenvalue weighted by Gasteiger charge is 2.11. The van der Waals surface area contributed by atoms with Gasteiger partial charge in [0.05, 0.1) is 16.3 Å². The van der Waals surface area contributed by atoms with Crippen molar-refractivity contribution in [1.82, 2.24) is 15.6 Å². The fourth-order valence-electron chi connectivity index (χ4n) is 2.73. The zero-order valence-electron chi connectivity index (χ0n) is 16.6. The molecule has 0 bridgehead atoms. The maximum atomic E-state index is 13.1. The summed E-state index contributed by atoms with van der Waals surface area (Å²) in [5, 5.41) is 5.42. The number of carbonyl (C=O) groups excluding carboxylic acids is 2. The molecule has 0 spiro atoms. The van der Waals surface area contributed by atoms with E-state index in [2.05, 4.69) is 15.6 Å². The summed E-state index contributed by atoms with van der Waals surface area (Å²) in [4.78, 5) is 28.3. The zero-order valence-corrected chi connectivity index (χ0v) is 17.4. The average molecular weight is 442 g/mol. The lowest BCUT2D eigenvalue weighted by Crippen LogP contribution is -2.30. The second-order valence-electron chi connectivity index (χ2n) is 6.66. The maximum absolute atomic E-state index is 13.1. The third-order valence-electron chi connectivity index (χ3n) is 4.31. The number of benzene rings is 2. The summed E-state index contributed by atoms with van der Waals surface area (Å²) in [6.45, 7) is 0.817. The smallest absolute Gasteiger partial charge is 0.252 e. The van der Waals surface area contributed by atoms with Crippen LogP contribution in [-0.2, 0) is 17.9 Å². The quantitative estimate of drug-likeness (QED) is 0.528. The second kappa shape index (κ2) is 11.1. The Hall–Kier alpha value is -3.45. The number of nitrogens with zero attached hydrogens (tertiary/aromatic N) is 1. The van der Waals surface area contributed by atoms with E-state index in [4.69, 9.17) is 16.3 Å². The van der Waals surface area contributed by atoms with Gasteiger partial charge in [-0.25, -0.2) is 4.39 Å². The van der Waals surface area contributed by atoms with Crippen LogP contribution >= 0.6 is 11.6 Å². The molecule has 0 aliphatic carbocycles. The molecule has 0 unspecified atom stereocenters. The highest BCUT2D eigenvalue weighted by Crippen LogP contribution is 2.17. The molecular weight excluding hydrogens is 421 g/mol. The van der Waals surface area contributed by atoms with Crippen molar-refractivity contribution in [1.29, 1.82) is 0 Å². The minimum absolute atomic E-state index is 0.0205. The molecule has 31 heavy (non-hydrogen) atoms. The minimum atomic E-state index is -0.521. The SMILES string of the molecule is O=C(CCNC(=O)c1ccc(F)cc1Cl)NCc1cccc(OCc2ccccn2)c1. The summed E-state index contributed by atoms with van der Waals surface area (Å²) in [5.41, 5.74) is 1.87. The Morgan fingerprint density at radius 3 is 2.68 bits per heavy atom. The minimum Gasteiger partial charge on any atom is -0.487 e. The van der Waals surface area contributed by atoms with Crippen molar-refractivity contribution in [2.45, 2.75) is 19.6 Å². The normalized spacial score (nSPS) is 10.4. The van der Waals surface area contributed by atoms with Crippen LogP contribution in [0.5, 0.6) is 5.75 Å². The van der Waals surface area contributed by atoms with Gasteiger partial charge in [-0.2, -0.15) is 0 Å². The predicted octanol–water partition coefficient (Wildman–Crippen LogP) is 3.89. The van der Waals surface area contributed by atoms with E-state index in [-0.39, 0.29) is 29.5 Å². The Morgan fingerprint density at radius 2 is 1.90 bits per heavy atom.